The molecule has 3 heteroatoms. The highest BCUT2D eigenvalue weighted by atomic mass is 14.9. The Bertz CT molecular complexity index is 721. The third-order valence-corrected chi connectivity index (χ3v) is 4.30. The van der Waals surface area contributed by atoms with Gasteiger partial charge in [-0.25, -0.2) is 4.98 Å². The number of fused-ring (bicyclic) bond motifs is 1. The fourth-order valence-corrected chi connectivity index (χ4v) is 3.14. The number of aromatic nitrogens is 1. The number of aromatic amines is 1. The number of nitriles is 1. The van der Waals surface area contributed by atoms with Gasteiger partial charge in [0.05, 0.1) is 0 Å². The zero-order chi connectivity index (χ0) is 15.0. The van der Waals surface area contributed by atoms with Gasteiger partial charge in [0, 0.05) is 17.5 Å². The van der Waals surface area contributed by atoms with Crippen LogP contribution in [0, 0.1) is 11.3 Å². The topological polar surface area (TPSA) is 64.0 Å². The quantitative estimate of drug-likeness (QED) is 0.916. The number of H-pyrrole nitrogens is 1. The van der Waals surface area contributed by atoms with Gasteiger partial charge in [-0.3, -0.25) is 5.73 Å². The van der Waals surface area contributed by atoms with Crippen LogP contribution in [-0.2, 0) is 12.8 Å². The molecule has 1 aliphatic carbocycles. The van der Waals surface area contributed by atoms with Crippen molar-refractivity contribution < 1.29 is 4.98 Å². The number of aryl methyl sites for hydroxylation is 1. The Kier molecular flexibility index (Phi) is 3.39. The Hall–Kier alpha value is -2.34. The van der Waals surface area contributed by atoms with E-state index in [-0.39, 0.29) is 0 Å². The summed E-state index contributed by atoms with van der Waals surface area (Å²) in [7, 11) is 0. The van der Waals surface area contributed by atoms with Crippen LogP contribution in [0.3, 0.4) is 0 Å². The van der Waals surface area contributed by atoms with E-state index >= 15 is 0 Å². The number of benzene rings is 1. The summed E-state index contributed by atoms with van der Waals surface area (Å²) in [5.74, 6) is 0.996. The summed E-state index contributed by atoms with van der Waals surface area (Å²) in [6.07, 6.45) is 3.15. The average Bonchev–Trinajstić information content (AvgIpc) is 2.93. The second-order valence-electron chi connectivity index (χ2n) is 5.99. The number of nitrogens with two attached hydrogens (primary N) is 1. The lowest BCUT2D eigenvalue weighted by atomic mass is 9.92. The Balaban J connectivity index is 2.20. The molecule has 0 bridgehead atoms. The minimum atomic E-state index is 0.487. The lowest BCUT2D eigenvalue weighted by molar-refractivity contribution is -0.372. The summed E-state index contributed by atoms with van der Waals surface area (Å²) in [4.78, 5) is 3.20. The molecule has 3 nitrogen and oxygen atoms in total. The summed E-state index contributed by atoms with van der Waals surface area (Å²) in [5, 5.41) is 9.48. The van der Waals surface area contributed by atoms with Gasteiger partial charge in [-0.15, -0.1) is 0 Å². The van der Waals surface area contributed by atoms with Crippen LogP contribution < -0.4 is 10.7 Å². The maximum Gasteiger partial charge on any atom is 0.289 e. The smallest absolute Gasteiger partial charge is 0.286 e. The first-order chi connectivity index (χ1) is 10.1. The Morgan fingerprint density at radius 2 is 1.90 bits per heavy atom. The highest BCUT2D eigenvalue weighted by Crippen LogP contribution is 2.35. The van der Waals surface area contributed by atoms with Gasteiger partial charge in [0.15, 0.2) is 0 Å². The molecule has 1 aromatic carbocycles. The Morgan fingerprint density at radius 1 is 1.19 bits per heavy atom. The van der Waals surface area contributed by atoms with Gasteiger partial charge in [0.25, 0.3) is 5.82 Å². The number of pyridine rings is 1. The molecule has 2 aromatic rings. The van der Waals surface area contributed by atoms with Gasteiger partial charge in [-0.05, 0) is 29.9 Å². The van der Waals surface area contributed by atoms with E-state index in [0.717, 1.165) is 30.4 Å². The minimum Gasteiger partial charge on any atom is -0.286 e. The van der Waals surface area contributed by atoms with Crippen LogP contribution in [0.25, 0.3) is 11.1 Å². The van der Waals surface area contributed by atoms with Crippen molar-refractivity contribution in [1.82, 2.24) is 0 Å². The van der Waals surface area contributed by atoms with Gasteiger partial charge in [-0.2, -0.15) is 5.26 Å². The second-order valence-corrected chi connectivity index (χ2v) is 5.99. The van der Waals surface area contributed by atoms with E-state index in [0.29, 0.717) is 17.3 Å². The zero-order valence-electron chi connectivity index (χ0n) is 12.5. The molecule has 0 radical (unpaired) electrons. The van der Waals surface area contributed by atoms with Crippen molar-refractivity contribution in [2.24, 2.45) is 0 Å². The highest BCUT2D eigenvalue weighted by Gasteiger charge is 2.25. The molecule has 0 fully saturated rings. The number of nitrogen functional groups attached to an aromatic ring is 1. The lowest BCUT2D eigenvalue weighted by Gasteiger charge is -2.12. The van der Waals surface area contributed by atoms with Crippen molar-refractivity contribution in [2.75, 3.05) is 5.73 Å². The average molecular weight is 278 g/mol. The van der Waals surface area contributed by atoms with Crippen molar-refractivity contribution in [1.29, 1.82) is 5.26 Å². The Morgan fingerprint density at radius 3 is 2.52 bits per heavy atom. The fraction of sp³-hybridized carbons (Fsp3) is 0.333. The molecule has 0 atom stereocenters. The SMILES string of the molecule is CC(C)c1ccc(-c2c(C#N)c(N)[nH+]c3c2CCC3)cc1. The molecule has 1 heterocycles. The van der Waals surface area contributed by atoms with E-state index in [1.807, 2.05) is 0 Å². The van der Waals surface area contributed by atoms with E-state index in [1.165, 1.54) is 16.8 Å². The van der Waals surface area contributed by atoms with E-state index in [4.69, 9.17) is 5.73 Å². The minimum absolute atomic E-state index is 0.487. The van der Waals surface area contributed by atoms with Crippen LogP contribution in [0.2, 0.25) is 0 Å². The first-order valence-electron chi connectivity index (χ1n) is 7.48. The highest BCUT2D eigenvalue weighted by molar-refractivity contribution is 5.78. The largest absolute Gasteiger partial charge is 0.289 e. The Labute approximate surface area is 125 Å². The number of hydrogen-bond donors (Lipinski definition) is 1. The summed E-state index contributed by atoms with van der Waals surface area (Å²) >= 11 is 0. The van der Waals surface area contributed by atoms with Crippen LogP contribution in [-0.4, -0.2) is 0 Å². The molecule has 0 unspecified atom stereocenters. The van der Waals surface area contributed by atoms with Crippen LogP contribution in [0.1, 0.15) is 48.6 Å². The molecular weight excluding hydrogens is 258 g/mol. The van der Waals surface area contributed by atoms with Gasteiger partial charge >= 0.3 is 0 Å². The normalized spacial score (nSPS) is 13.2. The molecule has 3 rings (SSSR count). The van der Waals surface area contributed by atoms with Crippen LogP contribution in [0.5, 0.6) is 0 Å². The van der Waals surface area contributed by atoms with Gasteiger partial charge in [-0.1, -0.05) is 38.1 Å². The lowest BCUT2D eigenvalue weighted by Crippen LogP contribution is -2.19. The molecule has 3 N–H and O–H groups in total. The van der Waals surface area contributed by atoms with Crippen molar-refractivity contribution in [2.45, 2.75) is 39.0 Å². The van der Waals surface area contributed by atoms with E-state index in [1.54, 1.807) is 0 Å². The summed E-state index contributed by atoms with van der Waals surface area (Å²) in [5.41, 5.74) is 12.5. The van der Waals surface area contributed by atoms with Crippen molar-refractivity contribution >= 4 is 5.82 Å². The zero-order valence-corrected chi connectivity index (χ0v) is 12.5. The molecule has 1 aromatic heterocycles. The maximum absolute atomic E-state index is 9.48. The number of nitrogens with one attached hydrogen (secondary N) is 1. The second kappa shape index (κ2) is 5.21. The van der Waals surface area contributed by atoms with E-state index in [9.17, 15) is 5.26 Å². The third-order valence-electron chi connectivity index (χ3n) is 4.30. The van der Waals surface area contributed by atoms with Crippen LogP contribution in [0.15, 0.2) is 24.3 Å². The molecule has 0 aliphatic heterocycles. The van der Waals surface area contributed by atoms with Crippen molar-refractivity contribution in [3.63, 3.8) is 0 Å². The van der Waals surface area contributed by atoms with Crippen molar-refractivity contribution in [3.8, 4) is 17.2 Å². The van der Waals surface area contributed by atoms with Gasteiger partial charge < -0.3 is 0 Å². The molecular formula is C18H20N3+. The number of anilines is 1. The van der Waals surface area contributed by atoms with Crippen molar-refractivity contribution in [3.05, 3.63) is 46.6 Å². The molecule has 21 heavy (non-hydrogen) atoms. The summed E-state index contributed by atoms with van der Waals surface area (Å²) in [6.45, 7) is 4.37. The fourth-order valence-electron chi connectivity index (χ4n) is 3.14. The first kappa shape index (κ1) is 13.6. The predicted molar refractivity (Wildman–Crippen MR) is 83.7 cm³/mol. The molecule has 0 amide bonds. The summed E-state index contributed by atoms with van der Waals surface area (Å²) in [6, 6.07) is 10.8. The number of nitrogens with zero attached hydrogens (tertiary/aromatic N) is 1. The monoisotopic (exact) mass is 278 g/mol. The number of rotatable bonds is 2. The van der Waals surface area contributed by atoms with E-state index < -0.39 is 0 Å². The van der Waals surface area contributed by atoms with Gasteiger partial charge in [0.1, 0.15) is 17.3 Å². The molecule has 0 spiro atoms. The maximum atomic E-state index is 9.48. The predicted octanol–water partition coefficient (Wildman–Crippen LogP) is 3.23. The summed E-state index contributed by atoms with van der Waals surface area (Å²) < 4.78 is 0. The van der Waals surface area contributed by atoms with E-state index in [2.05, 4.69) is 49.2 Å². The first-order valence-corrected chi connectivity index (χ1v) is 7.48. The third kappa shape index (κ3) is 2.27. The molecule has 0 saturated heterocycles. The molecule has 1 aliphatic rings. The molecule has 0 saturated carbocycles. The standard InChI is InChI=1S/C18H19N3/c1-11(2)12-6-8-13(9-7-12)17-14-4-3-5-16(14)21-18(20)15(17)10-19/h6-9,11H,3-5H2,1-2H3,(H2,20,21)/p+1. The van der Waals surface area contributed by atoms with Crippen LogP contribution >= 0.6 is 0 Å². The molecule has 106 valence electrons. The van der Waals surface area contributed by atoms with Crippen LogP contribution in [0.4, 0.5) is 5.82 Å². The number of hydrogen-bond acceptors (Lipinski definition) is 2. The van der Waals surface area contributed by atoms with Gasteiger partial charge in [0.2, 0.25) is 0 Å².